The van der Waals surface area contributed by atoms with Gasteiger partial charge in [0.05, 0.1) is 17.1 Å². The third-order valence-electron chi connectivity index (χ3n) is 4.73. The molecule has 3 N–H and O–H groups in total. The van der Waals surface area contributed by atoms with Gasteiger partial charge in [-0.2, -0.15) is 0 Å². The molecule has 0 spiro atoms. The molecule has 1 aliphatic carbocycles. The second-order valence-corrected chi connectivity index (χ2v) is 7.00. The number of hydrogen-bond donors (Lipinski definition) is 3. The lowest BCUT2D eigenvalue weighted by molar-refractivity contribution is -0.122. The number of para-hydroxylation sites is 2. The Bertz CT molecular complexity index is 703. The molecule has 1 aliphatic rings. The Morgan fingerprint density at radius 1 is 1.28 bits per heavy atom. The van der Waals surface area contributed by atoms with E-state index in [9.17, 15) is 9.90 Å². The van der Waals surface area contributed by atoms with Gasteiger partial charge in [-0.25, -0.2) is 4.98 Å². The zero-order chi connectivity index (χ0) is 17.6. The van der Waals surface area contributed by atoms with E-state index >= 15 is 0 Å². The molecule has 1 amide bonds. The predicted molar refractivity (Wildman–Crippen MR) is 99.5 cm³/mol. The first-order valence-electron chi connectivity index (χ1n) is 9.30. The summed E-state index contributed by atoms with van der Waals surface area (Å²) in [6.45, 7) is 2.35. The molecule has 2 aromatic rings. The summed E-state index contributed by atoms with van der Waals surface area (Å²) in [5, 5.41) is 15.9. The number of benzene rings is 1. The molecule has 1 aromatic heterocycles. The van der Waals surface area contributed by atoms with Crippen molar-refractivity contribution in [2.24, 2.45) is 0 Å². The molecule has 0 radical (unpaired) electrons. The molecule has 0 bridgehead atoms. The molecule has 1 atom stereocenters. The number of nitrogens with zero attached hydrogens (tertiary/aromatic N) is 2. The van der Waals surface area contributed by atoms with Crippen LogP contribution in [0.3, 0.4) is 0 Å². The number of carbonyl (C=O) groups is 1. The Kier molecular flexibility index (Phi) is 5.91. The Balaban J connectivity index is 1.74. The van der Waals surface area contributed by atoms with E-state index in [0.29, 0.717) is 18.5 Å². The highest BCUT2D eigenvalue weighted by Crippen LogP contribution is 2.20. The van der Waals surface area contributed by atoms with Crippen molar-refractivity contribution in [1.82, 2.24) is 14.9 Å². The summed E-state index contributed by atoms with van der Waals surface area (Å²) in [7, 11) is 0. The lowest BCUT2D eigenvalue weighted by Gasteiger charge is -2.17. The second kappa shape index (κ2) is 8.34. The van der Waals surface area contributed by atoms with Crippen LogP contribution in [0.2, 0.25) is 0 Å². The highest BCUT2D eigenvalue weighted by Gasteiger charge is 2.18. The standard InChI is InChI=1S/C19H28N4O2/c1-14(24)12-20-19-22-16-10-6-7-11-17(16)23(19)13-18(25)21-15-8-4-2-3-5-9-15/h6-7,10-11,14-15,24H,2-5,8-9,12-13H2,1H3,(H,20,22)(H,21,25). The van der Waals surface area contributed by atoms with Crippen LogP contribution in [0.4, 0.5) is 5.95 Å². The van der Waals surface area contributed by atoms with Gasteiger partial charge in [0.1, 0.15) is 6.54 Å². The molecule has 136 valence electrons. The Morgan fingerprint density at radius 2 is 2.00 bits per heavy atom. The number of fused-ring (bicyclic) bond motifs is 1. The van der Waals surface area contributed by atoms with Crippen LogP contribution in [0.15, 0.2) is 24.3 Å². The highest BCUT2D eigenvalue weighted by atomic mass is 16.3. The average Bonchev–Trinajstić information content (AvgIpc) is 2.75. The monoisotopic (exact) mass is 344 g/mol. The van der Waals surface area contributed by atoms with E-state index in [2.05, 4.69) is 15.6 Å². The van der Waals surface area contributed by atoms with Crippen molar-refractivity contribution in [2.75, 3.05) is 11.9 Å². The van der Waals surface area contributed by atoms with Crippen molar-refractivity contribution in [3.05, 3.63) is 24.3 Å². The molecule has 3 rings (SSSR count). The number of carbonyl (C=O) groups excluding carboxylic acids is 1. The Hall–Kier alpha value is -2.08. The molecule has 1 heterocycles. The maximum atomic E-state index is 12.6. The first-order valence-corrected chi connectivity index (χ1v) is 9.30. The summed E-state index contributed by atoms with van der Waals surface area (Å²) < 4.78 is 1.89. The van der Waals surface area contributed by atoms with Gasteiger partial charge in [-0.15, -0.1) is 0 Å². The fourth-order valence-electron chi connectivity index (χ4n) is 3.45. The van der Waals surface area contributed by atoms with Crippen molar-refractivity contribution < 1.29 is 9.90 Å². The van der Waals surface area contributed by atoms with Crippen molar-refractivity contribution in [1.29, 1.82) is 0 Å². The third-order valence-corrected chi connectivity index (χ3v) is 4.73. The van der Waals surface area contributed by atoms with E-state index in [1.54, 1.807) is 6.92 Å². The number of amides is 1. The summed E-state index contributed by atoms with van der Waals surface area (Å²) in [4.78, 5) is 17.1. The minimum Gasteiger partial charge on any atom is -0.392 e. The minimum absolute atomic E-state index is 0.0233. The molecule has 1 fully saturated rings. The van der Waals surface area contributed by atoms with E-state index in [4.69, 9.17) is 0 Å². The van der Waals surface area contributed by atoms with Gasteiger partial charge in [-0.05, 0) is 31.9 Å². The van der Waals surface area contributed by atoms with Crippen LogP contribution in [0.1, 0.15) is 45.4 Å². The summed E-state index contributed by atoms with van der Waals surface area (Å²) in [5.74, 6) is 0.647. The lowest BCUT2D eigenvalue weighted by atomic mass is 10.1. The van der Waals surface area contributed by atoms with Gasteiger partial charge in [-0.3, -0.25) is 4.79 Å². The van der Waals surface area contributed by atoms with E-state index in [0.717, 1.165) is 23.9 Å². The van der Waals surface area contributed by atoms with E-state index < -0.39 is 6.10 Å². The van der Waals surface area contributed by atoms with Crippen LogP contribution in [-0.2, 0) is 11.3 Å². The van der Waals surface area contributed by atoms with Crippen LogP contribution in [0, 0.1) is 0 Å². The number of imidazole rings is 1. The van der Waals surface area contributed by atoms with Gasteiger partial charge in [-0.1, -0.05) is 37.8 Å². The predicted octanol–water partition coefficient (Wildman–Crippen LogP) is 2.67. The van der Waals surface area contributed by atoms with Crippen molar-refractivity contribution in [2.45, 2.75) is 64.1 Å². The van der Waals surface area contributed by atoms with Gasteiger partial charge >= 0.3 is 0 Å². The fourth-order valence-corrected chi connectivity index (χ4v) is 3.45. The van der Waals surface area contributed by atoms with Crippen molar-refractivity contribution in [3.8, 4) is 0 Å². The van der Waals surface area contributed by atoms with Crippen LogP contribution < -0.4 is 10.6 Å². The normalized spacial score (nSPS) is 17.2. The van der Waals surface area contributed by atoms with Gasteiger partial charge < -0.3 is 20.3 Å². The SMILES string of the molecule is CC(O)CNc1nc2ccccc2n1CC(=O)NC1CCCCCC1. The fraction of sp³-hybridized carbons (Fsp3) is 0.579. The zero-order valence-electron chi connectivity index (χ0n) is 14.9. The van der Waals surface area contributed by atoms with Crippen LogP contribution >= 0.6 is 0 Å². The Labute approximate surface area is 148 Å². The number of hydrogen-bond acceptors (Lipinski definition) is 4. The maximum absolute atomic E-state index is 12.6. The van der Waals surface area contributed by atoms with E-state index in [1.165, 1.54) is 25.7 Å². The quantitative estimate of drug-likeness (QED) is 0.704. The number of anilines is 1. The van der Waals surface area contributed by atoms with Crippen LogP contribution in [-0.4, -0.2) is 39.3 Å². The summed E-state index contributed by atoms with van der Waals surface area (Å²) in [5.41, 5.74) is 1.77. The minimum atomic E-state index is -0.479. The topological polar surface area (TPSA) is 79.2 Å². The number of rotatable bonds is 6. The molecular formula is C19H28N4O2. The maximum Gasteiger partial charge on any atom is 0.240 e. The molecule has 1 unspecified atom stereocenters. The summed E-state index contributed by atoms with van der Waals surface area (Å²) >= 11 is 0. The van der Waals surface area contributed by atoms with Crippen molar-refractivity contribution >= 4 is 22.9 Å². The lowest BCUT2D eigenvalue weighted by Crippen LogP contribution is -2.37. The number of aromatic nitrogens is 2. The Morgan fingerprint density at radius 3 is 2.72 bits per heavy atom. The van der Waals surface area contributed by atoms with Crippen molar-refractivity contribution in [3.63, 3.8) is 0 Å². The van der Waals surface area contributed by atoms with Gasteiger partial charge in [0.25, 0.3) is 0 Å². The summed E-state index contributed by atoms with van der Waals surface area (Å²) in [6.07, 6.45) is 6.60. The van der Waals surface area contributed by atoms with Crippen LogP contribution in [0.5, 0.6) is 0 Å². The van der Waals surface area contributed by atoms with Gasteiger partial charge in [0.15, 0.2) is 0 Å². The summed E-state index contributed by atoms with van der Waals surface area (Å²) in [6, 6.07) is 8.07. The zero-order valence-corrected chi connectivity index (χ0v) is 14.9. The second-order valence-electron chi connectivity index (χ2n) is 7.00. The van der Waals surface area contributed by atoms with Gasteiger partial charge in [0.2, 0.25) is 11.9 Å². The van der Waals surface area contributed by atoms with Gasteiger partial charge in [0, 0.05) is 12.6 Å². The molecular weight excluding hydrogens is 316 g/mol. The third kappa shape index (κ3) is 4.72. The number of aliphatic hydroxyl groups is 1. The molecule has 1 aromatic carbocycles. The highest BCUT2D eigenvalue weighted by molar-refractivity contribution is 5.83. The smallest absolute Gasteiger partial charge is 0.240 e. The first-order chi connectivity index (χ1) is 12.1. The number of nitrogens with one attached hydrogen (secondary N) is 2. The largest absolute Gasteiger partial charge is 0.392 e. The van der Waals surface area contributed by atoms with E-state index in [-0.39, 0.29) is 12.5 Å². The molecule has 1 saturated carbocycles. The number of aliphatic hydroxyl groups excluding tert-OH is 1. The molecule has 0 saturated heterocycles. The average molecular weight is 344 g/mol. The molecule has 6 nitrogen and oxygen atoms in total. The molecule has 25 heavy (non-hydrogen) atoms. The van der Waals surface area contributed by atoms with E-state index in [1.807, 2.05) is 28.8 Å². The first kappa shape index (κ1) is 17.7. The van der Waals surface area contributed by atoms with Crippen LogP contribution in [0.25, 0.3) is 11.0 Å². The molecule has 0 aliphatic heterocycles. The molecule has 6 heteroatoms.